The van der Waals surface area contributed by atoms with E-state index >= 15 is 0 Å². The van der Waals surface area contributed by atoms with Gasteiger partial charge in [-0.2, -0.15) is 0 Å². The number of aryl methyl sites for hydroxylation is 1. The first-order chi connectivity index (χ1) is 9.33. The van der Waals surface area contributed by atoms with E-state index in [0.29, 0.717) is 13.0 Å². The molecule has 0 spiro atoms. The van der Waals surface area contributed by atoms with Crippen LogP contribution in [0, 0.1) is 0 Å². The molecule has 1 saturated heterocycles. The summed E-state index contributed by atoms with van der Waals surface area (Å²) >= 11 is 0. The maximum Gasteiger partial charge on any atom is 0.163 e. The predicted octanol–water partition coefficient (Wildman–Crippen LogP) is 2.68. The molecule has 3 heteroatoms. The Morgan fingerprint density at radius 2 is 1.95 bits per heavy atom. The van der Waals surface area contributed by atoms with Gasteiger partial charge in [0.2, 0.25) is 0 Å². The molecule has 0 radical (unpaired) electrons. The molecule has 0 atom stereocenters. The number of ketones is 1. The summed E-state index contributed by atoms with van der Waals surface area (Å²) in [7, 11) is 0. The fourth-order valence-corrected chi connectivity index (χ4v) is 2.98. The van der Waals surface area contributed by atoms with Crippen LogP contribution in [0.25, 0.3) is 0 Å². The van der Waals surface area contributed by atoms with Crippen LogP contribution < -0.4 is 4.74 Å². The summed E-state index contributed by atoms with van der Waals surface area (Å²) in [6.07, 6.45) is 5.54. The van der Waals surface area contributed by atoms with Crippen molar-refractivity contribution in [3.8, 4) is 5.75 Å². The molecule has 102 valence electrons. The van der Waals surface area contributed by atoms with Gasteiger partial charge in [-0.25, -0.2) is 0 Å². The lowest BCUT2D eigenvalue weighted by Crippen LogP contribution is -2.33. The highest BCUT2D eigenvalue weighted by Gasteiger charge is 2.19. The van der Waals surface area contributed by atoms with Crippen LogP contribution in [0.3, 0.4) is 0 Å². The Kier molecular flexibility index (Phi) is 3.83. The summed E-state index contributed by atoms with van der Waals surface area (Å²) < 4.78 is 5.79. The minimum atomic E-state index is 0.261. The quantitative estimate of drug-likeness (QED) is 0.832. The lowest BCUT2D eigenvalue weighted by molar-refractivity contribution is 0.0994. The number of carbonyl (C=O) groups is 1. The van der Waals surface area contributed by atoms with Gasteiger partial charge in [0, 0.05) is 18.5 Å². The predicted molar refractivity (Wildman–Crippen MR) is 74.9 cm³/mol. The zero-order chi connectivity index (χ0) is 13.1. The van der Waals surface area contributed by atoms with Gasteiger partial charge in [-0.05, 0) is 50.0 Å². The minimum Gasteiger partial charge on any atom is -0.492 e. The van der Waals surface area contributed by atoms with Crippen LogP contribution >= 0.6 is 0 Å². The van der Waals surface area contributed by atoms with Gasteiger partial charge in [0.15, 0.2) is 5.78 Å². The van der Waals surface area contributed by atoms with Gasteiger partial charge in [0.05, 0.1) is 0 Å². The van der Waals surface area contributed by atoms with Gasteiger partial charge in [-0.3, -0.25) is 9.69 Å². The first kappa shape index (κ1) is 12.7. The Bertz CT molecular complexity index is 464. The molecule has 3 rings (SSSR count). The number of nitrogens with zero attached hydrogens (tertiary/aromatic N) is 1. The summed E-state index contributed by atoms with van der Waals surface area (Å²) in [5, 5.41) is 0. The molecular formula is C16H21NO2. The van der Waals surface area contributed by atoms with Crippen molar-refractivity contribution in [3.63, 3.8) is 0 Å². The first-order valence-corrected chi connectivity index (χ1v) is 7.34. The molecule has 0 saturated carbocycles. The lowest BCUT2D eigenvalue weighted by Gasteiger charge is -2.26. The number of benzene rings is 1. The van der Waals surface area contributed by atoms with Crippen LogP contribution in [-0.2, 0) is 6.42 Å². The Balaban J connectivity index is 1.53. The van der Waals surface area contributed by atoms with E-state index in [4.69, 9.17) is 4.74 Å². The average molecular weight is 259 g/mol. The average Bonchev–Trinajstić information content (AvgIpc) is 2.82. The van der Waals surface area contributed by atoms with Crippen molar-refractivity contribution in [1.82, 2.24) is 4.90 Å². The zero-order valence-corrected chi connectivity index (χ0v) is 11.4. The van der Waals surface area contributed by atoms with E-state index in [-0.39, 0.29) is 5.78 Å². The number of piperidine rings is 1. The molecule has 1 aliphatic carbocycles. The molecule has 0 aromatic heterocycles. The topological polar surface area (TPSA) is 29.5 Å². The first-order valence-electron chi connectivity index (χ1n) is 7.34. The van der Waals surface area contributed by atoms with Gasteiger partial charge in [-0.15, -0.1) is 0 Å². The van der Waals surface area contributed by atoms with E-state index in [2.05, 4.69) is 4.90 Å². The minimum absolute atomic E-state index is 0.261. The maximum absolute atomic E-state index is 11.7. The number of carbonyl (C=O) groups excluding carboxylic acids is 1. The summed E-state index contributed by atoms with van der Waals surface area (Å²) in [6.45, 7) is 4.11. The maximum atomic E-state index is 11.7. The van der Waals surface area contributed by atoms with E-state index in [9.17, 15) is 4.79 Å². The highest BCUT2D eigenvalue weighted by atomic mass is 16.5. The van der Waals surface area contributed by atoms with Gasteiger partial charge in [0.1, 0.15) is 12.4 Å². The highest BCUT2D eigenvalue weighted by Crippen LogP contribution is 2.26. The number of likely N-dealkylation sites (tertiary alicyclic amines) is 1. The fraction of sp³-hybridized carbons (Fsp3) is 0.562. The van der Waals surface area contributed by atoms with Crippen molar-refractivity contribution >= 4 is 5.78 Å². The highest BCUT2D eigenvalue weighted by molar-refractivity contribution is 6.00. The smallest absolute Gasteiger partial charge is 0.163 e. The number of Topliss-reactive ketones (excluding diaryl/α,β-unsaturated/α-hetero) is 1. The number of ether oxygens (including phenoxy) is 1. The monoisotopic (exact) mass is 259 g/mol. The van der Waals surface area contributed by atoms with Crippen molar-refractivity contribution < 1.29 is 9.53 Å². The second-order valence-electron chi connectivity index (χ2n) is 5.49. The van der Waals surface area contributed by atoms with Crippen LogP contribution in [-0.4, -0.2) is 36.9 Å². The van der Waals surface area contributed by atoms with Gasteiger partial charge >= 0.3 is 0 Å². The molecule has 3 nitrogen and oxygen atoms in total. The molecule has 1 aliphatic heterocycles. The number of hydrogen-bond acceptors (Lipinski definition) is 3. The Hall–Kier alpha value is -1.35. The van der Waals surface area contributed by atoms with Crippen molar-refractivity contribution in [2.75, 3.05) is 26.2 Å². The van der Waals surface area contributed by atoms with E-state index < -0.39 is 0 Å². The lowest BCUT2D eigenvalue weighted by atomic mass is 10.1. The molecule has 1 fully saturated rings. The van der Waals surface area contributed by atoms with Crippen molar-refractivity contribution in [2.24, 2.45) is 0 Å². The Labute approximate surface area is 114 Å². The molecule has 0 N–H and O–H groups in total. The van der Waals surface area contributed by atoms with Crippen LogP contribution in [0.15, 0.2) is 18.2 Å². The Morgan fingerprint density at radius 3 is 2.79 bits per heavy atom. The van der Waals surface area contributed by atoms with E-state index in [1.54, 1.807) is 0 Å². The third kappa shape index (κ3) is 2.98. The summed E-state index contributed by atoms with van der Waals surface area (Å²) in [6, 6.07) is 5.95. The van der Waals surface area contributed by atoms with Crippen LogP contribution in [0.4, 0.5) is 0 Å². The second kappa shape index (κ2) is 5.74. The molecule has 0 bridgehead atoms. The molecule has 19 heavy (non-hydrogen) atoms. The molecule has 0 unspecified atom stereocenters. The van der Waals surface area contributed by atoms with Crippen LogP contribution in [0.1, 0.15) is 41.6 Å². The van der Waals surface area contributed by atoms with Crippen LogP contribution in [0.5, 0.6) is 5.75 Å². The van der Waals surface area contributed by atoms with Crippen molar-refractivity contribution in [2.45, 2.75) is 32.1 Å². The van der Waals surface area contributed by atoms with Gasteiger partial charge in [0.25, 0.3) is 0 Å². The molecule has 1 aromatic carbocycles. The van der Waals surface area contributed by atoms with Crippen molar-refractivity contribution in [1.29, 1.82) is 0 Å². The third-order valence-electron chi connectivity index (χ3n) is 4.13. The number of hydrogen-bond donors (Lipinski definition) is 0. The third-order valence-corrected chi connectivity index (χ3v) is 4.13. The number of fused-ring (bicyclic) bond motifs is 1. The van der Waals surface area contributed by atoms with E-state index in [1.165, 1.54) is 37.9 Å². The SMILES string of the molecule is O=C1CCc2ccc(OCCN3CCCCC3)cc21. The molecule has 1 heterocycles. The summed E-state index contributed by atoms with van der Waals surface area (Å²) in [4.78, 5) is 14.1. The van der Waals surface area contributed by atoms with Crippen LogP contribution in [0.2, 0.25) is 0 Å². The van der Waals surface area contributed by atoms with Crippen molar-refractivity contribution in [3.05, 3.63) is 29.3 Å². The molecule has 2 aliphatic rings. The summed E-state index contributed by atoms with van der Waals surface area (Å²) in [5.41, 5.74) is 2.05. The molecule has 1 aromatic rings. The normalized spacial score (nSPS) is 19.5. The van der Waals surface area contributed by atoms with E-state index in [1.807, 2.05) is 18.2 Å². The Morgan fingerprint density at radius 1 is 1.11 bits per heavy atom. The fourth-order valence-electron chi connectivity index (χ4n) is 2.98. The van der Waals surface area contributed by atoms with Gasteiger partial charge < -0.3 is 4.74 Å². The molecular weight excluding hydrogens is 238 g/mol. The zero-order valence-electron chi connectivity index (χ0n) is 11.4. The van der Waals surface area contributed by atoms with E-state index in [0.717, 1.165) is 24.3 Å². The largest absolute Gasteiger partial charge is 0.492 e. The standard InChI is InChI=1S/C16H21NO2/c18-16-7-5-13-4-6-14(12-15(13)16)19-11-10-17-8-2-1-3-9-17/h4,6,12H,1-3,5,7-11H2. The summed E-state index contributed by atoms with van der Waals surface area (Å²) in [5.74, 6) is 1.10. The second-order valence-corrected chi connectivity index (χ2v) is 5.49. The number of rotatable bonds is 4. The van der Waals surface area contributed by atoms with Gasteiger partial charge in [-0.1, -0.05) is 12.5 Å². The molecule has 0 amide bonds.